The molecule has 0 N–H and O–H groups in total. The Kier molecular flexibility index (Phi) is 5.92. The highest BCUT2D eigenvalue weighted by molar-refractivity contribution is 5.97. The predicted octanol–water partition coefficient (Wildman–Crippen LogP) is 3.69. The summed E-state index contributed by atoms with van der Waals surface area (Å²) in [6, 6.07) is 14.3. The minimum absolute atomic E-state index is 0.0521. The number of esters is 1. The van der Waals surface area contributed by atoms with Crippen LogP contribution in [-0.2, 0) is 11.2 Å². The molecular formula is C19H20O4. The molecule has 0 saturated heterocycles. The molecular weight excluding hydrogens is 292 g/mol. The number of methoxy groups -OCH3 is 1. The summed E-state index contributed by atoms with van der Waals surface area (Å²) in [5, 5.41) is 0. The van der Waals surface area contributed by atoms with Crippen LogP contribution >= 0.6 is 0 Å². The molecule has 0 aromatic heterocycles. The Morgan fingerprint density at radius 1 is 0.913 bits per heavy atom. The third-order valence-electron chi connectivity index (χ3n) is 3.52. The van der Waals surface area contributed by atoms with Gasteiger partial charge in [0.25, 0.3) is 0 Å². The zero-order valence-electron chi connectivity index (χ0n) is 13.4. The molecule has 0 amide bonds. The largest absolute Gasteiger partial charge is 0.497 e. The van der Waals surface area contributed by atoms with E-state index in [2.05, 4.69) is 0 Å². The van der Waals surface area contributed by atoms with Gasteiger partial charge in [0.15, 0.2) is 5.78 Å². The number of ketones is 1. The van der Waals surface area contributed by atoms with Gasteiger partial charge >= 0.3 is 5.97 Å². The van der Waals surface area contributed by atoms with Gasteiger partial charge < -0.3 is 9.47 Å². The Morgan fingerprint density at radius 2 is 1.52 bits per heavy atom. The maximum absolute atomic E-state index is 12.2. The molecule has 0 spiro atoms. The van der Waals surface area contributed by atoms with Crippen molar-refractivity contribution >= 4 is 11.8 Å². The first-order valence-corrected chi connectivity index (χ1v) is 7.57. The minimum atomic E-state index is -0.371. The maximum Gasteiger partial charge on any atom is 0.338 e. The second-order valence-corrected chi connectivity index (χ2v) is 5.07. The van der Waals surface area contributed by atoms with E-state index in [1.807, 2.05) is 24.3 Å². The summed E-state index contributed by atoms with van der Waals surface area (Å²) in [4.78, 5) is 23.8. The lowest BCUT2D eigenvalue weighted by molar-refractivity contribution is 0.0526. The second kappa shape index (κ2) is 8.13. The minimum Gasteiger partial charge on any atom is -0.497 e. The number of aryl methyl sites for hydroxylation is 1. The van der Waals surface area contributed by atoms with Crippen molar-refractivity contribution in [3.8, 4) is 5.75 Å². The fourth-order valence-corrected chi connectivity index (χ4v) is 2.20. The lowest BCUT2D eigenvalue weighted by Gasteiger charge is -2.05. The highest BCUT2D eigenvalue weighted by Crippen LogP contribution is 2.14. The summed E-state index contributed by atoms with van der Waals surface area (Å²) in [7, 11) is 1.62. The fraction of sp³-hybridized carbons (Fsp3) is 0.263. The van der Waals surface area contributed by atoms with Gasteiger partial charge in [0.05, 0.1) is 19.3 Å². The number of hydrogen-bond acceptors (Lipinski definition) is 4. The van der Waals surface area contributed by atoms with E-state index in [0.717, 1.165) is 11.3 Å². The van der Waals surface area contributed by atoms with Gasteiger partial charge in [-0.1, -0.05) is 24.3 Å². The van der Waals surface area contributed by atoms with E-state index in [-0.39, 0.29) is 11.8 Å². The Balaban J connectivity index is 1.93. The third kappa shape index (κ3) is 4.68. The van der Waals surface area contributed by atoms with Crippen molar-refractivity contribution in [1.29, 1.82) is 0 Å². The van der Waals surface area contributed by atoms with Crippen LogP contribution in [0.3, 0.4) is 0 Å². The molecule has 0 fully saturated rings. The number of Topliss-reactive ketones (excluding diaryl/α,β-unsaturated/α-hetero) is 1. The Morgan fingerprint density at radius 3 is 2.09 bits per heavy atom. The van der Waals surface area contributed by atoms with Gasteiger partial charge in [0, 0.05) is 12.0 Å². The van der Waals surface area contributed by atoms with Crippen molar-refractivity contribution in [2.75, 3.05) is 13.7 Å². The highest BCUT2D eigenvalue weighted by atomic mass is 16.5. The predicted molar refractivity (Wildman–Crippen MR) is 88.0 cm³/mol. The first-order chi connectivity index (χ1) is 11.1. The molecule has 0 unspecified atom stereocenters. The van der Waals surface area contributed by atoms with Crippen LogP contribution in [-0.4, -0.2) is 25.5 Å². The van der Waals surface area contributed by atoms with Gasteiger partial charge in [-0.2, -0.15) is 0 Å². The van der Waals surface area contributed by atoms with E-state index >= 15 is 0 Å². The quantitative estimate of drug-likeness (QED) is 0.578. The van der Waals surface area contributed by atoms with E-state index in [1.54, 1.807) is 38.3 Å². The van der Waals surface area contributed by atoms with Gasteiger partial charge in [-0.05, 0) is 43.2 Å². The molecule has 0 saturated carbocycles. The third-order valence-corrected chi connectivity index (χ3v) is 3.52. The Labute approximate surface area is 136 Å². The number of ether oxygens (including phenoxy) is 2. The molecule has 0 bridgehead atoms. The second-order valence-electron chi connectivity index (χ2n) is 5.07. The first kappa shape index (κ1) is 16.7. The summed E-state index contributed by atoms with van der Waals surface area (Å²) in [5.74, 6) is 0.482. The van der Waals surface area contributed by atoms with E-state index in [1.165, 1.54) is 0 Å². The SMILES string of the molecule is CCOC(=O)c1ccc(C(=O)CCc2ccc(OC)cc2)cc1. The Bertz CT molecular complexity index is 657. The summed E-state index contributed by atoms with van der Waals surface area (Å²) in [5.41, 5.74) is 2.15. The molecule has 0 aliphatic rings. The average Bonchev–Trinajstić information content (AvgIpc) is 2.60. The average molecular weight is 312 g/mol. The van der Waals surface area contributed by atoms with Crippen molar-refractivity contribution < 1.29 is 19.1 Å². The van der Waals surface area contributed by atoms with Gasteiger partial charge in [-0.3, -0.25) is 4.79 Å². The number of carbonyl (C=O) groups is 2. The smallest absolute Gasteiger partial charge is 0.338 e. The molecule has 0 aliphatic heterocycles. The highest BCUT2D eigenvalue weighted by Gasteiger charge is 2.10. The summed E-state index contributed by atoms with van der Waals surface area (Å²) in [6.45, 7) is 2.09. The van der Waals surface area contributed by atoms with Crippen LogP contribution < -0.4 is 4.74 Å². The molecule has 120 valence electrons. The monoisotopic (exact) mass is 312 g/mol. The Hall–Kier alpha value is -2.62. The van der Waals surface area contributed by atoms with Crippen LogP contribution in [0.1, 0.15) is 39.6 Å². The van der Waals surface area contributed by atoms with Crippen LogP contribution in [0, 0.1) is 0 Å². The van der Waals surface area contributed by atoms with E-state index in [0.29, 0.717) is 30.6 Å². The van der Waals surface area contributed by atoms with Gasteiger partial charge in [-0.25, -0.2) is 4.79 Å². The van der Waals surface area contributed by atoms with Crippen molar-refractivity contribution in [3.63, 3.8) is 0 Å². The molecule has 4 heteroatoms. The van der Waals surface area contributed by atoms with Gasteiger partial charge in [0.1, 0.15) is 5.75 Å². The molecule has 2 aromatic rings. The van der Waals surface area contributed by atoms with E-state index < -0.39 is 0 Å². The normalized spacial score (nSPS) is 10.2. The first-order valence-electron chi connectivity index (χ1n) is 7.57. The number of hydrogen-bond donors (Lipinski definition) is 0. The summed E-state index contributed by atoms with van der Waals surface area (Å²) >= 11 is 0. The van der Waals surface area contributed by atoms with E-state index in [9.17, 15) is 9.59 Å². The van der Waals surface area contributed by atoms with Crippen LogP contribution in [0.25, 0.3) is 0 Å². The zero-order valence-corrected chi connectivity index (χ0v) is 13.4. The van der Waals surface area contributed by atoms with Crippen molar-refractivity contribution in [2.24, 2.45) is 0 Å². The van der Waals surface area contributed by atoms with Crippen molar-refractivity contribution in [1.82, 2.24) is 0 Å². The van der Waals surface area contributed by atoms with Gasteiger partial charge in [-0.15, -0.1) is 0 Å². The molecule has 2 rings (SSSR count). The molecule has 0 aliphatic carbocycles. The molecule has 2 aromatic carbocycles. The lowest BCUT2D eigenvalue weighted by Crippen LogP contribution is -2.06. The van der Waals surface area contributed by atoms with Crippen LogP contribution in [0.15, 0.2) is 48.5 Å². The van der Waals surface area contributed by atoms with Crippen LogP contribution in [0.5, 0.6) is 5.75 Å². The van der Waals surface area contributed by atoms with Gasteiger partial charge in [0.2, 0.25) is 0 Å². The number of rotatable bonds is 7. The van der Waals surface area contributed by atoms with Crippen molar-refractivity contribution in [3.05, 3.63) is 65.2 Å². The summed E-state index contributed by atoms with van der Waals surface area (Å²) in [6.07, 6.45) is 1.09. The topological polar surface area (TPSA) is 52.6 Å². The van der Waals surface area contributed by atoms with Crippen molar-refractivity contribution in [2.45, 2.75) is 19.8 Å². The molecule has 0 radical (unpaired) electrons. The van der Waals surface area contributed by atoms with E-state index in [4.69, 9.17) is 9.47 Å². The molecule has 4 nitrogen and oxygen atoms in total. The van der Waals surface area contributed by atoms with Crippen LogP contribution in [0.4, 0.5) is 0 Å². The maximum atomic E-state index is 12.2. The van der Waals surface area contributed by atoms with Crippen LogP contribution in [0.2, 0.25) is 0 Å². The summed E-state index contributed by atoms with van der Waals surface area (Å²) < 4.78 is 10.0. The molecule has 23 heavy (non-hydrogen) atoms. The number of carbonyl (C=O) groups excluding carboxylic acids is 2. The number of benzene rings is 2. The zero-order chi connectivity index (χ0) is 16.7. The lowest BCUT2D eigenvalue weighted by atomic mass is 10.0. The molecule has 0 atom stereocenters. The fourth-order valence-electron chi connectivity index (χ4n) is 2.20. The molecule has 0 heterocycles. The standard InChI is InChI=1S/C19H20O4/c1-3-23-19(21)16-9-7-15(8-10-16)18(20)13-6-14-4-11-17(22-2)12-5-14/h4-5,7-12H,3,6,13H2,1-2H3.